The van der Waals surface area contributed by atoms with Gasteiger partial charge in [0.05, 0.1) is 5.02 Å². The first-order chi connectivity index (χ1) is 10.5. The van der Waals surface area contributed by atoms with Crippen molar-refractivity contribution in [2.24, 2.45) is 5.92 Å². The topological polar surface area (TPSA) is 29.1 Å². The monoisotopic (exact) mass is 317 g/mol. The SMILES string of the molecule is CC1(C)Cc2cccc(Cl)c2/C(=C/C(=O)C2CCCCC2)N1. The molecule has 2 nitrogen and oxygen atoms in total. The number of nitrogens with one attached hydrogen (secondary N) is 1. The van der Waals surface area contributed by atoms with Gasteiger partial charge in [-0.2, -0.15) is 0 Å². The summed E-state index contributed by atoms with van der Waals surface area (Å²) in [6.45, 7) is 4.32. The summed E-state index contributed by atoms with van der Waals surface area (Å²) in [5.74, 6) is 0.449. The van der Waals surface area contributed by atoms with E-state index in [0.717, 1.165) is 35.5 Å². The van der Waals surface area contributed by atoms with Crippen LogP contribution in [0.1, 0.15) is 57.1 Å². The van der Waals surface area contributed by atoms with E-state index in [-0.39, 0.29) is 17.2 Å². The van der Waals surface area contributed by atoms with Crippen molar-refractivity contribution in [1.82, 2.24) is 5.32 Å². The van der Waals surface area contributed by atoms with Crippen molar-refractivity contribution >= 4 is 23.1 Å². The fourth-order valence-corrected chi connectivity index (χ4v) is 4.02. The minimum absolute atomic E-state index is 0.0592. The second-order valence-corrected chi connectivity index (χ2v) is 7.66. The number of carbonyl (C=O) groups is 1. The minimum Gasteiger partial charge on any atom is -0.379 e. The van der Waals surface area contributed by atoms with Crippen LogP contribution in [-0.4, -0.2) is 11.3 Å². The number of carbonyl (C=O) groups excluding carboxylic acids is 1. The molecule has 1 saturated carbocycles. The van der Waals surface area contributed by atoms with E-state index in [1.54, 1.807) is 0 Å². The Morgan fingerprint density at radius 3 is 2.73 bits per heavy atom. The smallest absolute Gasteiger partial charge is 0.160 e. The van der Waals surface area contributed by atoms with Crippen LogP contribution in [0.3, 0.4) is 0 Å². The van der Waals surface area contributed by atoms with Crippen molar-refractivity contribution in [3.05, 3.63) is 40.4 Å². The molecule has 1 aliphatic heterocycles. The summed E-state index contributed by atoms with van der Waals surface area (Å²) < 4.78 is 0. The third-order valence-electron chi connectivity index (χ3n) is 4.77. The summed E-state index contributed by atoms with van der Waals surface area (Å²) in [4.78, 5) is 12.6. The number of allylic oxidation sites excluding steroid dienone is 1. The number of halogens is 1. The van der Waals surface area contributed by atoms with Gasteiger partial charge in [-0.05, 0) is 44.7 Å². The normalized spacial score (nSPS) is 23.0. The highest BCUT2D eigenvalue weighted by molar-refractivity contribution is 6.32. The molecular weight excluding hydrogens is 294 g/mol. The highest BCUT2D eigenvalue weighted by Crippen LogP contribution is 2.35. The molecule has 1 aromatic rings. The lowest BCUT2D eigenvalue weighted by atomic mass is 9.83. The Hall–Kier alpha value is -1.28. The molecule has 3 rings (SSSR count). The van der Waals surface area contributed by atoms with Crippen molar-refractivity contribution in [3.8, 4) is 0 Å². The molecule has 1 heterocycles. The fraction of sp³-hybridized carbons (Fsp3) is 0.526. The van der Waals surface area contributed by atoms with Gasteiger partial charge in [-0.3, -0.25) is 4.79 Å². The van der Waals surface area contributed by atoms with E-state index >= 15 is 0 Å². The van der Waals surface area contributed by atoms with Gasteiger partial charge in [0.15, 0.2) is 5.78 Å². The predicted octanol–water partition coefficient (Wildman–Crippen LogP) is 4.75. The quantitative estimate of drug-likeness (QED) is 0.797. The first kappa shape index (κ1) is 15.6. The number of rotatable bonds is 2. The zero-order valence-electron chi connectivity index (χ0n) is 13.4. The fourth-order valence-electron chi connectivity index (χ4n) is 3.72. The molecule has 0 spiro atoms. The maximum Gasteiger partial charge on any atom is 0.160 e. The molecule has 0 bridgehead atoms. The van der Waals surface area contributed by atoms with Crippen molar-refractivity contribution < 1.29 is 4.79 Å². The first-order valence-electron chi connectivity index (χ1n) is 8.28. The molecule has 1 N–H and O–H groups in total. The van der Waals surface area contributed by atoms with Gasteiger partial charge in [-0.15, -0.1) is 0 Å². The van der Waals surface area contributed by atoms with Gasteiger partial charge in [0.1, 0.15) is 0 Å². The predicted molar refractivity (Wildman–Crippen MR) is 91.9 cm³/mol. The van der Waals surface area contributed by atoms with Gasteiger partial charge in [-0.25, -0.2) is 0 Å². The van der Waals surface area contributed by atoms with Gasteiger partial charge in [-0.1, -0.05) is 43.0 Å². The first-order valence-corrected chi connectivity index (χ1v) is 8.65. The van der Waals surface area contributed by atoms with Crippen molar-refractivity contribution in [1.29, 1.82) is 0 Å². The second-order valence-electron chi connectivity index (χ2n) is 7.25. The van der Waals surface area contributed by atoms with Crippen LogP contribution in [0.4, 0.5) is 0 Å². The third-order valence-corrected chi connectivity index (χ3v) is 5.08. The highest BCUT2D eigenvalue weighted by atomic mass is 35.5. The van der Waals surface area contributed by atoms with Gasteiger partial charge in [0, 0.05) is 28.8 Å². The van der Waals surface area contributed by atoms with E-state index in [2.05, 4.69) is 25.2 Å². The summed E-state index contributed by atoms with van der Waals surface area (Å²) in [6, 6.07) is 6.01. The molecule has 0 aromatic heterocycles. The molecule has 3 heteroatoms. The highest BCUT2D eigenvalue weighted by Gasteiger charge is 2.30. The van der Waals surface area contributed by atoms with Gasteiger partial charge in [0.25, 0.3) is 0 Å². The van der Waals surface area contributed by atoms with Gasteiger partial charge in [0.2, 0.25) is 0 Å². The average molecular weight is 318 g/mol. The Balaban J connectivity index is 1.95. The van der Waals surface area contributed by atoms with E-state index < -0.39 is 0 Å². The molecule has 2 aliphatic rings. The Kier molecular flexibility index (Phi) is 4.31. The maximum absolute atomic E-state index is 12.6. The van der Waals surface area contributed by atoms with E-state index in [1.807, 2.05) is 18.2 Å². The van der Waals surface area contributed by atoms with Crippen LogP contribution in [0.15, 0.2) is 24.3 Å². The summed E-state index contributed by atoms with van der Waals surface area (Å²) in [7, 11) is 0. The lowest BCUT2D eigenvalue weighted by Crippen LogP contribution is -2.44. The van der Waals surface area contributed by atoms with Crippen molar-refractivity contribution in [3.63, 3.8) is 0 Å². The molecule has 0 unspecified atom stereocenters. The van der Waals surface area contributed by atoms with E-state index in [4.69, 9.17) is 11.6 Å². The molecule has 0 atom stereocenters. The summed E-state index contributed by atoms with van der Waals surface area (Å²) in [5, 5.41) is 4.24. The summed E-state index contributed by atoms with van der Waals surface area (Å²) in [5.41, 5.74) is 3.06. The van der Waals surface area contributed by atoms with Crippen LogP contribution in [-0.2, 0) is 11.2 Å². The van der Waals surface area contributed by atoms with Crippen molar-refractivity contribution in [2.45, 2.75) is 57.9 Å². The lowest BCUT2D eigenvalue weighted by Gasteiger charge is -2.36. The van der Waals surface area contributed by atoms with Crippen LogP contribution in [0.5, 0.6) is 0 Å². The maximum atomic E-state index is 12.6. The third kappa shape index (κ3) is 3.22. The molecule has 22 heavy (non-hydrogen) atoms. The molecule has 1 aliphatic carbocycles. The molecule has 0 saturated heterocycles. The number of hydrogen-bond donors (Lipinski definition) is 1. The van der Waals surface area contributed by atoms with E-state index in [9.17, 15) is 4.79 Å². The molecule has 1 fully saturated rings. The van der Waals surface area contributed by atoms with Crippen LogP contribution in [0.2, 0.25) is 5.02 Å². The van der Waals surface area contributed by atoms with Gasteiger partial charge < -0.3 is 5.32 Å². The zero-order chi connectivity index (χ0) is 15.7. The largest absolute Gasteiger partial charge is 0.379 e. The molecule has 118 valence electrons. The van der Waals surface area contributed by atoms with E-state index in [1.165, 1.54) is 24.8 Å². The Morgan fingerprint density at radius 2 is 2.00 bits per heavy atom. The number of hydrogen-bond acceptors (Lipinski definition) is 2. The van der Waals surface area contributed by atoms with E-state index in [0.29, 0.717) is 0 Å². The molecule has 1 aromatic carbocycles. The van der Waals surface area contributed by atoms with Crippen LogP contribution in [0, 0.1) is 5.92 Å². The summed E-state index contributed by atoms with van der Waals surface area (Å²) >= 11 is 6.41. The van der Waals surface area contributed by atoms with Crippen molar-refractivity contribution in [2.75, 3.05) is 0 Å². The molecule has 0 amide bonds. The molecule has 0 radical (unpaired) electrons. The molecular formula is C19H24ClNO. The Bertz CT molecular complexity index is 612. The number of fused-ring (bicyclic) bond motifs is 1. The van der Waals surface area contributed by atoms with Crippen LogP contribution < -0.4 is 5.32 Å². The standard InChI is InChI=1S/C19H24ClNO/c1-19(2)12-14-9-6-10-15(20)18(14)16(21-19)11-17(22)13-7-4-3-5-8-13/h6,9-11,13,21H,3-5,7-8,12H2,1-2H3/b16-11-. The lowest BCUT2D eigenvalue weighted by molar-refractivity contribution is -0.119. The van der Waals surface area contributed by atoms with Crippen LogP contribution in [0.25, 0.3) is 5.70 Å². The van der Waals surface area contributed by atoms with Crippen LogP contribution >= 0.6 is 11.6 Å². The summed E-state index contributed by atoms with van der Waals surface area (Å²) in [6.07, 6.45) is 8.40. The number of benzene rings is 1. The second kappa shape index (κ2) is 6.08. The number of ketones is 1. The Labute approximate surface area is 137 Å². The Morgan fingerprint density at radius 1 is 1.27 bits per heavy atom. The van der Waals surface area contributed by atoms with Gasteiger partial charge >= 0.3 is 0 Å². The minimum atomic E-state index is -0.0592. The zero-order valence-corrected chi connectivity index (χ0v) is 14.2. The average Bonchev–Trinajstić information content (AvgIpc) is 2.46.